The molecule has 0 unspecified atom stereocenters. The Bertz CT molecular complexity index is 140. The first kappa shape index (κ1) is 30.1. The van der Waals surface area contributed by atoms with Gasteiger partial charge < -0.3 is 0 Å². The zero-order valence-electron chi connectivity index (χ0n) is 16.5. The van der Waals surface area contributed by atoms with Crippen LogP contribution in [0.5, 0.6) is 0 Å². The zero-order chi connectivity index (χ0) is 18.3. The van der Waals surface area contributed by atoms with Gasteiger partial charge in [0.2, 0.25) is 0 Å². The number of hydrogen-bond acceptors (Lipinski definition) is 0. The summed E-state index contributed by atoms with van der Waals surface area (Å²) in [4.78, 5) is 0. The maximum atomic E-state index is 4.88. The molecule has 0 aliphatic rings. The summed E-state index contributed by atoms with van der Waals surface area (Å²) in [5.41, 5.74) is 0. The molecular weight excluding hydrogens is 632 g/mol. The predicted octanol–water partition coefficient (Wildman–Crippen LogP) is 8.80. The Morgan fingerprint density at radius 3 is 0.696 bits per heavy atom. The zero-order valence-corrected chi connectivity index (χ0v) is 24.0. The predicted molar refractivity (Wildman–Crippen MR) is 114 cm³/mol. The third kappa shape index (κ3) is 29.4. The van der Waals surface area contributed by atoms with E-state index in [9.17, 15) is 0 Å². The van der Waals surface area contributed by atoms with Crippen molar-refractivity contribution in [3.63, 3.8) is 0 Å². The molecule has 0 saturated carbocycles. The summed E-state index contributed by atoms with van der Waals surface area (Å²) in [7, 11) is 9.75. The molecule has 0 heterocycles. The molecule has 23 heavy (non-hydrogen) atoms. The fourth-order valence-electron chi connectivity index (χ4n) is 2.57. The third-order valence-electron chi connectivity index (χ3n) is 3.24. The summed E-state index contributed by atoms with van der Waals surface area (Å²) in [5.74, 6) is 0. The molecule has 0 atom stereocenters. The molecule has 0 spiro atoms. The van der Waals surface area contributed by atoms with Crippen LogP contribution in [0.2, 0.25) is 31.3 Å². The standard InChI is InChI=1S/2C9H21As.2ClH.Pt/c2*1-4-7-10(8-5-2)9-6-3;;;/h2*4-9H2,1-3H3;2*1H;/q;;;;+2/p-2. The summed E-state index contributed by atoms with van der Waals surface area (Å²) < 4.78 is 0. The van der Waals surface area contributed by atoms with Crippen LogP contribution >= 0.6 is 18.8 Å². The van der Waals surface area contributed by atoms with E-state index >= 15 is 0 Å². The monoisotopic (exact) mass is 673 g/mol. The first-order valence-electron chi connectivity index (χ1n) is 9.38. The van der Waals surface area contributed by atoms with Crippen molar-refractivity contribution in [2.75, 3.05) is 0 Å². The van der Waals surface area contributed by atoms with Crippen molar-refractivity contribution in [2.45, 2.75) is 111 Å². The normalized spacial score (nSPS) is 10.3. The van der Waals surface area contributed by atoms with Crippen molar-refractivity contribution in [1.82, 2.24) is 0 Å². The van der Waals surface area contributed by atoms with Gasteiger partial charge in [-0.3, -0.25) is 0 Å². The molecule has 0 aromatic carbocycles. The first-order valence-corrected chi connectivity index (χ1v) is 23.0. The summed E-state index contributed by atoms with van der Waals surface area (Å²) in [6.07, 6.45) is 8.58. The summed E-state index contributed by atoms with van der Waals surface area (Å²) in [6, 6.07) is 0. The summed E-state index contributed by atoms with van der Waals surface area (Å²) in [5, 5.41) is 9.55. The molecule has 0 rings (SSSR count). The molecular formula is C18H42As2Cl2Pt. The fourth-order valence-corrected chi connectivity index (χ4v) is 13.3. The van der Waals surface area contributed by atoms with Crippen molar-refractivity contribution in [3.05, 3.63) is 0 Å². The average molecular weight is 674 g/mol. The van der Waals surface area contributed by atoms with E-state index in [2.05, 4.69) is 41.5 Å². The second kappa shape index (κ2) is 29.2. The average Bonchev–Trinajstić information content (AvgIpc) is 2.50. The van der Waals surface area contributed by atoms with Gasteiger partial charge in [0.15, 0.2) is 0 Å². The molecule has 0 aromatic rings. The molecule has 0 aliphatic carbocycles. The first-order chi connectivity index (χ1) is 11.1. The van der Waals surface area contributed by atoms with Crippen LogP contribution in [0.4, 0.5) is 0 Å². The molecule has 0 nitrogen and oxygen atoms in total. The van der Waals surface area contributed by atoms with Gasteiger partial charge in [-0.25, -0.2) is 0 Å². The molecule has 0 fully saturated rings. The molecule has 0 N–H and O–H groups in total. The second-order valence-corrected chi connectivity index (χ2v) is 20.3. The van der Waals surface area contributed by atoms with E-state index in [1.165, 1.54) is 38.5 Å². The van der Waals surface area contributed by atoms with Gasteiger partial charge in [-0.1, -0.05) is 0 Å². The maximum absolute atomic E-state index is 4.88. The minimum atomic E-state index is -0.472. The van der Waals surface area contributed by atoms with Crippen LogP contribution in [0.25, 0.3) is 0 Å². The van der Waals surface area contributed by atoms with Crippen molar-refractivity contribution in [2.24, 2.45) is 0 Å². The molecule has 0 saturated heterocycles. The van der Waals surface area contributed by atoms with Crippen LogP contribution in [0, 0.1) is 0 Å². The van der Waals surface area contributed by atoms with Gasteiger partial charge in [0, 0.05) is 0 Å². The van der Waals surface area contributed by atoms with Gasteiger partial charge in [-0.05, 0) is 0 Å². The van der Waals surface area contributed by atoms with Crippen LogP contribution < -0.4 is 0 Å². The number of hydrogen-bond donors (Lipinski definition) is 0. The van der Waals surface area contributed by atoms with Gasteiger partial charge in [-0.2, -0.15) is 0 Å². The Morgan fingerprint density at radius 2 is 0.609 bits per heavy atom. The van der Waals surface area contributed by atoms with Crippen molar-refractivity contribution in [1.29, 1.82) is 0 Å². The van der Waals surface area contributed by atoms with E-state index in [0.29, 0.717) is 0 Å². The Labute approximate surface area is 174 Å². The van der Waals surface area contributed by atoms with Gasteiger partial charge in [0.1, 0.15) is 0 Å². The van der Waals surface area contributed by atoms with Crippen LogP contribution in [0.1, 0.15) is 80.1 Å². The number of rotatable bonds is 12. The Kier molecular flexibility index (Phi) is 38.2. The Balaban J connectivity index is -0.000000297. The van der Waals surface area contributed by atoms with E-state index in [1.807, 2.05) is 0 Å². The quantitative estimate of drug-likeness (QED) is 0.182. The number of halogens is 2. The van der Waals surface area contributed by atoms with Crippen LogP contribution in [-0.4, -0.2) is 29.3 Å². The molecule has 5 heteroatoms. The SMILES string of the molecule is CCC[As](CCC)CCC.CCC[As](CCC)CCC.[Cl][Pt][Cl]. The fraction of sp³-hybridized carbons (Fsp3) is 1.00. The van der Waals surface area contributed by atoms with Crippen LogP contribution in [0.15, 0.2) is 0 Å². The third-order valence-corrected chi connectivity index (χ3v) is 16.8. The molecule has 148 valence electrons. The van der Waals surface area contributed by atoms with Gasteiger partial charge in [0.05, 0.1) is 0 Å². The van der Waals surface area contributed by atoms with Crippen LogP contribution in [-0.2, 0) is 16.5 Å². The molecule has 0 amide bonds. The topological polar surface area (TPSA) is 0 Å². The summed E-state index contributed by atoms with van der Waals surface area (Å²) >= 11 is -1.07. The minimum absolute atomic E-state index is 0.297. The van der Waals surface area contributed by atoms with Crippen molar-refractivity contribution < 1.29 is 16.5 Å². The molecule has 0 radical (unpaired) electrons. The Morgan fingerprint density at radius 1 is 0.478 bits per heavy atom. The van der Waals surface area contributed by atoms with Crippen molar-refractivity contribution >= 4 is 48.1 Å². The molecule has 0 bridgehead atoms. The van der Waals surface area contributed by atoms with Gasteiger partial charge in [0.25, 0.3) is 0 Å². The second-order valence-electron chi connectivity index (χ2n) is 5.73. The van der Waals surface area contributed by atoms with E-state index < -0.39 is 16.5 Å². The summed E-state index contributed by atoms with van der Waals surface area (Å²) in [6.45, 7) is 14.0. The molecule has 0 aromatic heterocycles. The Hall–Kier alpha value is 2.39. The van der Waals surface area contributed by atoms with E-state index in [4.69, 9.17) is 18.8 Å². The van der Waals surface area contributed by atoms with E-state index in [-0.39, 0.29) is 29.3 Å². The van der Waals surface area contributed by atoms with Crippen molar-refractivity contribution in [3.8, 4) is 0 Å². The molecule has 0 aliphatic heterocycles. The van der Waals surface area contributed by atoms with Crippen LogP contribution in [0.3, 0.4) is 0 Å². The van der Waals surface area contributed by atoms with Gasteiger partial charge >= 0.3 is 176 Å². The van der Waals surface area contributed by atoms with E-state index in [1.54, 1.807) is 31.3 Å². The van der Waals surface area contributed by atoms with E-state index in [0.717, 1.165) is 0 Å². The van der Waals surface area contributed by atoms with Gasteiger partial charge in [-0.15, -0.1) is 0 Å².